The first-order chi connectivity index (χ1) is 12.3. The van der Waals surface area contributed by atoms with Crippen LogP contribution in [-0.4, -0.2) is 68.8 Å². The molecule has 1 aromatic rings. The van der Waals surface area contributed by atoms with E-state index in [1.807, 2.05) is 12.1 Å². The summed E-state index contributed by atoms with van der Waals surface area (Å²) in [5, 5.41) is 0. The molecule has 1 fully saturated rings. The van der Waals surface area contributed by atoms with Gasteiger partial charge in [-0.25, -0.2) is 8.42 Å². The average Bonchev–Trinajstić information content (AvgIpc) is 2.98. The second-order valence-corrected chi connectivity index (χ2v) is 9.14. The van der Waals surface area contributed by atoms with Crippen molar-refractivity contribution in [2.75, 3.05) is 37.5 Å². The average molecular weight is 402 g/mol. The zero-order chi connectivity index (χ0) is 19.2. The summed E-state index contributed by atoms with van der Waals surface area (Å²) < 4.78 is 33.3. The van der Waals surface area contributed by atoms with Crippen molar-refractivity contribution in [3.8, 4) is 5.75 Å². The quantitative estimate of drug-likeness (QED) is 0.480. The molecule has 1 aliphatic rings. The Morgan fingerprint density at radius 2 is 1.96 bits per heavy atom. The third-order valence-electron chi connectivity index (χ3n) is 4.08. The molecule has 0 radical (unpaired) electrons. The topological polar surface area (TPSA) is 90.0 Å². The number of hydrogen-bond acceptors (Lipinski definition) is 7. The Bertz CT molecular complexity index is 732. The van der Waals surface area contributed by atoms with Crippen LogP contribution in [-0.2, 0) is 24.2 Å². The van der Waals surface area contributed by atoms with Gasteiger partial charge in [0, 0.05) is 17.5 Å². The molecular weight excluding hydrogens is 378 g/mol. The van der Waals surface area contributed by atoms with E-state index >= 15 is 0 Å². The molecule has 0 bridgehead atoms. The Balaban J connectivity index is 1.77. The molecule has 9 heteroatoms. The maximum absolute atomic E-state index is 12.3. The predicted octanol–water partition coefficient (Wildman–Crippen LogP) is 1.37. The molecule has 0 N–H and O–H groups in total. The van der Waals surface area contributed by atoms with Crippen LogP contribution in [0.2, 0.25) is 0 Å². The van der Waals surface area contributed by atoms with Gasteiger partial charge in [-0.3, -0.25) is 9.59 Å². The Hall–Kier alpha value is -1.74. The van der Waals surface area contributed by atoms with Crippen molar-refractivity contribution in [3.05, 3.63) is 24.3 Å². The van der Waals surface area contributed by atoms with Crippen LogP contribution in [0, 0.1) is 0 Å². The molecule has 1 amide bonds. The number of likely N-dealkylation sites (N-methyl/N-ethyl adjacent to an activating group) is 1. The first-order valence-electron chi connectivity index (χ1n) is 8.27. The number of carbonyl (C=O) groups is 2. The Morgan fingerprint density at radius 3 is 2.50 bits per heavy atom. The van der Waals surface area contributed by atoms with Crippen LogP contribution < -0.4 is 4.74 Å². The molecule has 144 valence electrons. The van der Waals surface area contributed by atoms with Crippen LogP contribution >= 0.6 is 11.8 Å². The zero-order valence-corrected chi connectivity index (χ0v) is 16.5. The van der Waals surface area contributed by atoms with Crippen molar-refractivity contribution in [1.29, 1.82) is 0 Å². The summed E-state index contributed by atoms with van der Waals surface area (Å²) in [6.45, 7) is 1.80. The van der Waals surface area contributed by atoms with E-state index in [-0.39, 0.29) is 35.8 Å². The number of methoxy groups -OCH3 is 1. The lowest BCUT2D eigenvalue weighted by atomic mass is 10.2. The minimum atomic E-state index is -3.07. The van der Waals surface area contributed by atoms with Crippen LogP contribution in [0.1, 0.15) is 13.3 Å². The van der Waals surface area contributed by atoms with E-state index in [1.54, 1.807) is 26.2 Å². The number of esters is 1. The van der Waals surface area contributed by atoms with Gasteiger partial charge >= 0.3 is 5.97 Å². The van der Waals surface area contributed by atoms with Crippen LogP contribution in [0.5, 0.6) is 5.75 Å². The zero-order valence-electron chi connectivity index (χ0n) is 14.8. The molecule has 0 aromatic heterocycles. The SMILES string of the molecule is CCN(C(=O)COC(=O)CSc1ccc(OC)cc1)[C@H]1CCS(=O)(=O)C1. The van der Waals surface area contributed by atoms with Gasteiger partial charge < -0.3 is 14.4 Å². The lowest BCUT2D eigenvalue weighted by Gasteiger charge is -2.26. The lowest BCUT2D eigenvalue weighted by molar-refractivity contribution is -0.150. The highest BCUT2D eigenvalue weighted by Crippen LogP contribution is 2.21. The minimum Gasteiger partial charge on any atom is -0.497 e. The molecule has 1 aromatic carbocycles. The predicted molar refractivity (Wildman–Crippen MR) is 99.1 cm³/mol. The fourth-order valence-electron chi connectivity index (χ4n) is 2.74. The van der Waals surface area contributed by atoms with Gasteiger partial charge in [0.05, 0.1) is 24.4 Å². The molecule has 2 rings (SSSR count). The third-order valence-corrected chi connectivity index (χ3v) is 6.82. The number of amides is 1. The molecule has 1 atom stereocenters. The van der Waals surface area contributed by atoms with E-state index in [4.69, 9.17) is 9.47 Å². The largest absolute Gasteiger partial charge is 0.497 e. The van der Waals surface area contributed by atoms with Gasteiger partial charge in [-0.05, 0) is 37.6 Å². The van der Waals surface area contributed by atoms with Crippen molar-refractivity contribution in [1.82, 2.24) is 4.90 Å². The van der Waals surface area contributed by atoms with Crippen molar-refractivity contribution in [2.24, 2.45) is 0 Å². The van der Waals surface area contributed by atoms with Crippen molar-refractivity contribution >= 4 is 33.5 Å². The van der Waals surface area contributed by atoms with Crippen molar-refractivity contribution in [3.63, 3.8) is 0 Å². The first-order valence-corrected chi connectivity index (χ1v) is 11.1. The van der Waals surface area contributed by atoms with E-state index < -0.39 is 15.8 Å². The van der Waals surface area contributed by atoms with Crippen LogP contribution in [0.3, 0.4) is 0 Å². The number of benzene rings is 1. The van der Waals surface area contributed by atoms with Crippen LogP contribution in [0.25, 0.3) is 0 Å². The lowest BCUT2D eigenvalue weighted by Crippen LogP contribution is -2.43. The van der Waals surface area contributed by atoms with Gasteiger partial charge in [0.25, 0.3) is 5.91 Å². The fourth-order valence-corrected chi connectivity index (χ4v) is 5.17. The van der Waals surface area contributed by atoms with Crippen LogP contribution in [0.15, 0.2) is 29.2 Å². The van der Waals surface area contributed by atoms with Gasteiger partial charge in [0.2, 0.25) is 0 Å². The highest BCUT2D eigenvalue weighted by molar-refractivity contribution is 8.00. The molecular formula is C17H23NO6S2. The Kier molecular flexibility index (Phi) is 7.33. The molecule has 0 spiro atoms. The van der Waals surface area contributed by atoms with Gasteiger partial charge in [-0.15, -0.1) is 11.8 Å². The molecule has 26 heavy (non-hydrogen) atoms. The van der Waals surface area contributed by atoms with Gasteiger partial charge in [0.15, 0.2) is 16.4 Å². The minimum absolute atomic E-state index is 0.0200. The summed E-state index contributed by atoms with van der Waals surface area (Å²) in [5.41, 5.74) is 0. The highest BCUT2D eigenvalue weighted by Gasteiger charge is 2.34. The second-order valence-electron chi connectivity index (χ2n) is 5.86. The van der Waals surface area contributed by atoms with E-state index in [1.165, 1.54) is 16.7 Å². The van der Waals surface area contributed by atoms with Gasteiger partial charge in [-0.1, -0.05) is 0 Å². The maximum Gasteiger partial charge on any atom is 0.316 e. The van der Waals surface area contributed by atoms with Crippen LogP contribution in [0.4, 0.5) is 0 Å². The second kappa shape index (κ2) is 9.27. The highest BCUT2D eigenvalue weighted by atomic mass is 32.2. The normalized spacial score (nSPS) is 18.3. The number of hydrogen-bond donors (Lipinski definition) is 0. The van der Waals surface area contributed by atoms with Crippen molar-refractivity contribution in [2.45, 2.75) is 24.3 Å². The summed E-state index contributed by atoms with van der Waals surface area (Å²) in [7, 11) is -1.49. The smallest absolute Gasteiger partial charge is 0.316 e. The Morgan fingerprint density at radius 1 is 1.27 bits per heavy atom. The molecule has 0 saturated carbocycles. The monoisotopic (exact) mass is 401 g/mol. The molecule has 0 aliphatic carbocycles. The summed E-state index contributed by atoms with van der Waals surface area (Å²) in [6, 6.07) is 6.94. The number of ether oxygens (including phenoxy) is 2. The Labute approximate surface area is 157 Å². The number of carbonyl (C=O) groups excluding carboxylic acids is 2. The van der Waals surface area contributed by atoms with Gasteiger partial charge in [0.1, 0.15) is 5.75 Å². The standard InChI is InChI=1S/C17H23NO6S2/c1-3-18(13-8-9-26(21,22)12-13)16(19)10-24-17(20)11-25-15-6-4-14(23-2)5-7-15/h4-7,13H,3,8-12H2,1-2H3/t13-/m0/s1. The maximum atomic E-state index is 12.3. The molecule has 1 aliphatic heterocycles. The van der Waals surface area contributed by atoms with E-state index in [0.29, 0.717) is 13.0 Å². The number of sulfone groups is 1. The molecule has 1 heterocycles. The molecule has 1 saturated heterocycles. The van der Waals surface area contributed by atoms with E-state index in [2.05, 4.69) is 0 Å². The first kappa shape index (κ1) is 20.6. The number of nitrogens with zero attached hydrogens (tertiary/aromatic N) is 1. The number of thioether (sulfide) groups is 1. The fraction of sp³-hybridized carbons (Fsp3) is 0.529. The number of rotatable bonds is 8. The summed E-state index contributed by atoms with van der Waals surface area (Å²) in [4.78, 5) is 26.5. The van der Waals surface area contributed by atoms with Crippen molar-refractivity contribution < 1.29 is 27.5 Å². The summed E-state index contributed by atoms with van der Waals surface area (Å²) in [6.07, 6.45) is 0.434. The summed E-state index contributed by atoms with van der Waals surface area (Å²) >= 11 is 1.30. The molecule has 0 unspecified atom stereocenters. The molecule has 7 nitrogen and oxygen atoms in total. The van der Waals surface area contributed by atoms with E-state index in [0.717, 1.165) is 10.6 Å². The van der Waals surface area contributed by atoms with Gasteiger partial charge in [-0.2, -0.15) is 0 Å². The van der Waals surface area contributed by atoms with E-state index in [9.17, 15) is 18.0 Å². The summed E-state index contributed by atoms with van der Waals surface area (Å²) in [5.74, 6) is 0.0414. The third kappa shape index (κ3) is 5.91.